The minimum atomic E-state index is -0.262. The van der Waals surface area contributed by atoms with Gasteiger partial charge in [-0.1, -0.05) is 37.1 Å². The molecule has 2 amide bonds. The first-order chi connectivity index (χ1) is 16.0. The number of nitrogens with zero attached hydrogens (tertiary/aromatic N) is 1. The topological polar surface area (TPSA) is 58.6 Å². The van der Waals surface area contributed by atoms with Gasteiger partial charge in [0.15, 0.2) is 0 Å². The van der Waals surface area contributed by atoms with Gasteiger partial charge in [0.2, 0.25) is 5.91 Å². The number of piperidine rings is 1. The van der Waals surface area contributed by atoms with Gasteiger partial charge in [0.25, 0.3) is 5.91 Å². The van der Waals surface area contributed by atoms with E-state index in [0.717, 1.165) is 50.6 Å². The molecule has 1 N–H and O–H groups in total. The molecule has 176 valence electrons. The van der Waals surface area contributed by atoms with Gasteiger partial charge in [0.05, 0.1) is 12.2 Å². The maximum atomic E-state index is 13.1. The van der Waals surface area contributed by atoms with Crippen molar-refractivity contribution in [3.8, 4) is 5.75 Å². The number of hydrogen-bond acceptors (Lipinski definition) is 3. The lowest BCUT2D eigenvalue weighted by Gasteiger charge is -2.43. The lowest BCUT2D eigenvalue weighted by molar-refractivity contribution is -0.134. The van der Waals surface area contributed by atoms with Gasteiger partial charge < -0.3 is 15.0 Å². The number of likely N-dealkylation sites (tertiary alicyclic amines) is 1. The second-order valence-electron chi connectivity index (χ2n) is 9.38. The summed E-state index contributed by atoms with van der Waals surface area (Å²) in [5.74, 6) is 0.382. The van der Waals surface area contributed by atoms with Gasteiger partial charge in [-0.15, -0.1) is 0 Å². The molecular weight excluding hydrogens is 419 g/mol. The average Bonchev–Trinajstić information content (AvgIpc) is 2.84. The zero-order valence-electron chi connectivity index (χ0n) is 19.2. The van der Waals surface area contributed by atoms with E-state index < -0.39 is 0 Å². The van der Waals surface area contributed by atoms with E-state index in [1.807, 2.05) is 23.1 Å². The fourth-order valence-electron chi connectivity index (χ4n) is 5.02. The largest absolute Gasteiger partial charge is 0.493 e. The van der Waals surface area contributed by atoms with Crippen molar-refractivity contribution in [2.45, 2.75) is 51.4 Å². The summed E-state index contributed by atoms with van der Waals surface area (Å²) in [4.78, 5) is 27.9. The molecule has 0 saturated carbocycles. The maximum Gasteiger partial charge on any atom is 0.255 e. The molecule has 2 aliphatic rings. The molecule has 0 aromatic heterocycles. The predicted octanol–water partition coefficient (Wildman–Crippen LogP) is 4.75. The number of hydrogen-bond donors (Lipinski definition) is 1. The van der Waals surface area contributed by atoms with Crippen molar-refractivity contribution in [1.82, 2.24) is 10.2 Å². The molecule has 4 rings (SSSR count). The number of nitrogens with one attached hydrogen (secondary N) is 1. The van der Waals surface area contributed by atoms with Crippen LogP contribution in [0.25, 0.3) is 0 Å². The highest BCUT2D eigenvalue weighted by Gasteiger charge is 2.37. The van der Waals surface area contributed by atoms with Gasteiger partial charge in [0, 0.05) is 31.5 Å². The normalized spacial score (nSPS) is 21.8. The van der Waals surface area contributed by atoms with E-state index in [0.29, 0.717) is 43.9 Å². The zero-order chi connectivity index (χ0) is 23.1. The summed E-state index contributed by atoms with van der Waals surface area (Å²) in [5, 5.41) is 3.15. The van der Waals surface area contributed by atoms with Crippen LogP contribution in [0.1, 0.15) is 60.9 Å². The van der Waals surface area contributed by atoms with E-state index in [4.69, 9.17) is 4.74 Å². The highest BCUT2D eigenvalue weighted by Crippen LogP contribution is 2.36. The zero-order valence-corrected chi connectivity index (χ0v) is 19.2. The smallest absolute Gasteiger partial charge is 0.255 e. The standard InChI is InChI=1S/C27H33FN2O3/c28-22-12-9-21(10-13-22)11-14-25(31)30-17-6-16-27(20-30)15-4-1-5-18-33-24-8-3-2-7-23(24)26(32)29-19-27/h2-3,7-10,12-13H,1,4-6,11,14-20H2,(H,29,32). The molecule has 2 heterocycles. The Kier molecular flexibility index (Phi) is 7.63. The molecule has 2 aromatic rings. The molecule has 0 aliphatic carbocycles. The monoisotopic (exact) mass is 452 g/mol. The number of ether oxygens (including phenoxy) is 1. The SMILES string of the molecule is O=C1NCC2(CCCCCOc3ccccc31)CCCN(C(=O)CCc1ccc(F)cc1)C2. The summed E-state index contributed by atoms with van der Waals surface area (Å²) in [6.45, 7) is 2.59. The summed E-state index contributed by atoms with van der Waals surface area (Å²) in [6, 6.07) is 13.7. The van der Waals surface area contributed by atoms with Gasteiger partial charge in [0.1, 0.15) is 11.6 Å². The van der Waals surface area contributed by atoms with Crippen LogP contribution in [0.15, 0.2) is 48.5 Å². The minimum Gasteiger partial charge on any atom is -0.493 e. The van der Waals surface area contributed by atoms with Crippen molar-refractivity contribution < 1.29 is 18.7 Å². The average molecular weight is 453 g/mol. The molecule has 1 saturated heterocycles. The van der Waals surface area contributed by atoms with Crippen molar-refractivity contribution in [2.75, 3.05) is 26.2 Å². The summed E-state index contributed by atoms with van der Waals surface area (Å²) in [5.41, 5.74) is 1.43. The summed E-state index contributed by atoms with van der Waals surface area (Å²) in [7, 11) is 0. The third-order valence-electron chi connectivity index (χ3n) is 6.92. The lowest BCUT2D eigenvalue weighted by Crippen LogP contribution is -2.51. The molecule has 33 heavy (non-hydrogen) atoms. The lowest BCUT2D eigenvalue weighted by atomic mass is 9.75. The molecular formula is C27H33FN2O3. The number of benzene rings is 2. The number of para-hydroxylation sites is 1. The Morgan fingerprint density at radius 3 is 2.67 bits per heavy atom. The Morgan fingerprint density at radius 1 is 1.03 bits per heavy atom. The van der Waals surface area contributed by atoms with Crippen LogP contribution < -0.4 is 10.1 Å². The van der Waals surface area contributed by atoms with E-state index in [9.17, 15) is 14.0 Å². The van der Waals surface area contributed by atoms with Gasteiger partial charge in [-0.2, -0.15) is 0 Å². The van der Waals surface area contributed by atoms with Crippen LogP contribution in [0.4, 0.5) is 4.39 Å². The quantitative estimate of drug-likeness (QED) is 0.731. The molecule has 0 bridgehead atoms. The van der Waals surface area contributed by atoms with Crippen LogP contribution in [0, 0.1) is 11.2 Å². The number of fused-ring (bicyclic) bond motifs is 1. The molecule has 0 radical (unpaired) electrons. The molecule has 5 nitrogen and oxygen atoms in total. The second kappa shape index (κ2) is 10.8. The first-order valence-electron chi connectivity index (χ1n) is 12.1. The van der Waals surface area contributed by atoms with Crippen LogP contribution in [-0.2, 0) is 11.2 Å². The molecule has 1 unspecified atom stereocenters. The highest BCUT2D eigenvalue weighted by atomic mass is 19.1. The van der Waals surface area contributed by atoms with E-state index in [2.05, 4.69) is 5.32 Å². The van der Waals surface area contributed by atoms with Crippen molar-refractivity contribution in [1.29, 1.82) is 0 Å². The number of rotatable bonds is 3. The van der Waals surface area contributed by atoms with Crippen LogP contribution >= 0.6 is 0 Å². The molecule has 2 aromatic carbocycles. The Bertz CT molecular complexity index is 962. The molecule has 1 fully saturated rings. The fourth-order valence-corrected chi connectivity index (χ4v) is 5.02. The van der Waals surface area contributed by atoms with E-state index in [1.54, 1.807) is 18.2 Å². The van der Waals surface area contributed by atoms with Crippen LogP contribution in [0.3, 0.4) is 0 Å². The van der Waals surface area contributed by atoms with E-state index in [-0.39, 0.29) is 23.0 Å². The van der Waals surface area contributed by atoms with Crippen molar-refractivity contribution in [2.24, 2.45) is 5.41 Å². The number of amides is 2. The Hall–Kier alpha value is -2.89. The van der Waals surface area contributed by atoms with Gasteiger partial charge in [-0.25, -0.2) is 4.39 Å². The van der Waals surface area contributed by atoms with Gasteiger partial charge in [-0.3, -0.25) is 9.59 Å². The van der Waals surface area contributed by atoms with E-state index in [1.165, 1.54) is 12.1 Å². The van der Waals surface area contributed by atoms with Gasteiger partial charge >= 0.3 is 0 Å². The fraction of sp³-hybridized carbons (Fsp3) is 0.481. The van der Waals surface area contributed by atoms with Crippen LogP contribution in [0.2, 0.25) is 0 Å². The maximum absolute atomic E-state index is 13.1. The Morgan fingerprint density at radius 2 is 1.82 bits per heavy atom. The van der Waals surface area contributed by atoms with Crippen molar-refractivity contribution in [3.05, 3.63) is 65.5 Å². The molecule has 2 aliphatic heterocycles. The number of halogens is 1. The van der Waals surface area contributed by atoms with Crippen molar-refractivity contribution >= 4 is 11.8 Å². The first-order valence-corrected chi connectivity index (χ1v) is 12.1. The molecule has 1 atom stereocenters. The molecule has 6 heteroatoms. The third-order valence-corrected chi connectivity index (χ3v) is 6.92. The first kappa shape index (κ1) is 23.3. The van der Waals surface area contributed by atoms with Crippen LogP contribution in [0.5, 0.6) is 5.75 Å². The second-order valence-corrected chi connectivity index (χ2v) is 9.38. The van der Waals surface area contributed by atoms with Crippen molar-refractivity contribution in [3.63, 3.8) is 0 Å². The Labute approximate surface area is 195 Å². The van der Waals surface area contributed by atoms with E-state index >= 15 is 0 Å². The predicted molar refractivity (Wildman–Crippen MR) is 126 cm³/mol. The highest BCUT2D eigenvalue weighted by molar-refractivity contribution is 5.96. The summed E-state index contributed by atoms with van der Waals surface area (Å²) < 4.78 is 19.0. The summed E-state index contributed by atoms with van der Waals surface area (Å²) >= 11 is 0. The number of carbonyl (C=O) groups is 2. The Balaban J connectivity index is 1.42. The molecule has 1 spiro atoms. The number of carbonyl (C=O) groups excluding carboxylic acids is 2. The van der Waals surface area contributed by atoms with Gasteiger partial charge in [-0.05, 0) is 61.9 Å². The summed E-state index contributed by atoms with van der Waals surface area (Å²) in [6.07, 6.45) is 7.03. The third kappa shape index (κ3) is 6.12. The minimum absolute atomic E-state index is 0.103. The van der Waals surface area contributed by atoms with Crippen LogP contribution in [-0.4, -0.2) is 43.0 Å². The number of aryl methyl sites for hydroxylation is 1.